The average Bonchev–Trinajstić information content (AvgIpc) is 3.57. The Morgan fingerprint density at radius 2 is 1.42 bits per heavy atom. The van der Waals surface area contributed by atoms with Gasteiger partial charge in [-0.15, -0.1) is 0 Å². The van der Waals surface area contributed by atoms with Crippen LogP contribution in [0, 0.1) is 0 Å². The molecule has 6 aromatic rings. The van der Waals surface area contributed by atoms with Crippen molar-refractivity contribution in [3.63, 3.8) is 0 Å². The van der Waals surface area contributed by atoms with E-state index in [1.165, 1.54) is 44.2 Å². The molecule has 38 heavy (non-hydrogen) atoms. The zero-order valence-corrected chi connectivity index (χ0v) is 20.3. The second-order valence-corrected chi connectivity index (χ2v) is 10.8. The van der Waals surface area contributed by atoms with E-state index in [2.05, 4.69) is 112 Å². The maximum absolute atomic E-state index is 6.74. The lowest BCUT2D eigenvalue weighted by Gasteiger charge is -2.36. The largest absolute Gasteiger partial charge is 0.458 e. The van der Waals surface area contributed by atoms with Gasteiger partial charge in [0.15, 0.2) is 17.0 Å². The lowest BCUT2D eigenvalue weighted by Crippen LogP contribution is -2.92. The maximum atomic E-state index is 6.74. The number of nitrogens with zero attached hydrogens (tertiary/aromatic N) is 4. The molecule has 0 bridgehead atoms. The molecule has 0 amide bonds. The van der Waals surface area contributed by atoms with Gasteiger partial charge >= 0.3 is 12.5 Å². The second kappa shape index (κ2) is 5.51. The van der Waals surface area contributed by atoms with Crippen LogP contribution < -0.4 is 40.0 Å². The molecule has 5 aliphatic rings. The van der Waals surface area contributed by atoms with Crippen LogP contribution in [0.25, 0.3) is 33.5 Å². The Labute approximate surface area is 217 Å². The molecule has 0 N–H and O–H groups in total. The van der Waals surface area contributed by atoms with Crippen molar-refractivity contribution in [1.29, 1.82) is 0 Å². The Bertz CT molecular complexity index is 2180. The summed E-state index contributed by atoms with van der Waals surface area (Å²) < 4.78 is 21.1. The zero-order chi connectivity index (χ0) is 24.5. The van der Waals surface area contributed by atoms with Crippen LogP contribution in [0.5, 0.6) is 23.0 Å². The SMILES string of the molecule is Cn1c2[n+](c3ccccc31)[N+]13c4c(cccc4-2)Oc2ccc4c(c21)B1c2c(cccc2-c2ccc[n+]3c21)O4. The van der Waals surface area contributed by atoms with E-state index in [-0.39, 0.29) is 6.71 Å². The Balaban J connectivity index is 1.46. The molecule has 0 aliphatic carbocycles. The number of pyridine rings is 1. The highest BCUT2D eigenvalue weighted by molar-refractivity contribution is 7.00. The van der Waals surface area contributed by atoms with Gasteiger partial charge in [-0.3, -0.25) is 0 Å². The van der Waals surface area contributed by atoms with E-state index < -0.39 is 0 Å². The first kappa shape index (κ1) is 18.4. The third-order valence-electron chi connectivity index (χ3n) is 9.25. The molecule has 2 aromatic heterocycles. The van der Waals surface area contributed by atoms with Crippen molar-refractivity contribution in [3.05, 3.63) is 91.1 Å². The molecule has 6 nitrogen and oxygen atoms in total. The molecule has 5 aliphatic heterocycles. The average molecular weight is 489 g/mol. The molecule has 7 heterocycles. The lowest BCUT2D eigenvalue weighted by molar-refractivity contribution is -1.02. The summed E-state index contributed by atoms with van der Waals surface area (Å²) in [7, 11) is 2.17. The van der Waals surface area contributed by atoms with E-state index in [1.807, 2.05) is 0 Å². The number of para-hydroxylation sites is 3. The normalized spacial score (nSPS) is 18.6. The van der Waals surface area contributed by atoms with Crippen LogP contribution >= 0.6 is 0 Å². The van der Waals surface area contributed by atoms with Gasteiger partial charge in [0.05, 0.1) is 12.5 Å². The van der Waals surface area contributed by atoms with Gasteiger partial charge in [0.25, 0.3) is 11.4 Å². The van der Waals surface area contributed by atoms with Crippen LogP contribution in [0.15, 0.2) is 91.1 Å². The fraction of sp³-hybridized carbons (Fsp3) is 0.0323. The Hall–Kier alpha value is -4.88. The molecule has 1 spiro atoms. The Morgan fingerprint density at radius 1 is 0.684 bits per heavy atom. The van der Waals surface area contributed by atoms with E-state index >= 15 is 0 Å². The Kier molecular flexibility index (Phi) is 2.67. The molecule has 174 valence electrons. The molecule has 0 saturated carbocycles. The number of imidazole rings is 1. The molecular weight excluding hydrogens is 471 g/mol. The summed E-state index contributed by atoms with van der Waals surface area (Å²) in [5.41, 5.74) is 12.1. The van der Waals surface area contributed by atoms with E-state index in [0.717, 1.165) is 40.2 Å². The van der Waals surface area contributed by atoms with Gasteiger partial charge < -0.3 is 9.47 Å². The quantitative estimate of drug-likeness (QED) is 0.186. The fourth-order valence-corrected chi connectivity index (χ4v) is 8.05. The van der Waals surface area contributed by atoms with Gasteiger partial charge in [0.2, 0.25) is 17.3 Å². The van der Waals surface area contributed by atoms with Crippen LogP contribution in [0.3, 0.4) is 0 Å². The van der Waals surface area contributed by atoms with Crippen LogP contribution in [0.2, 0.25) is 0 Å². The van der Waals surface area contributed by atoms with Crippen molar-refractivity contribution < 1.29 is 18.8 Å². The van der Waals surface area contributed by atoms with Gasteiger partial charge in [-0.25, -0.2) is 4.57 Å². The number of hydrogen-bond acceptors (Lipinski definition) is 2. The Morgan fingerprint density at radius 3 is 2.37 bits per heavy atom. The minimum absolute atomic E-state index is 0.0942. The number of benzene rings is 4. The molecule has 7 heteroatoms. The highest BCUT2D eigenvalue weighted by atomic mass is 16.5. The van der Waals surface area contributed by atoms with Gasteiger partial charge in [-0.05, 0) is 59.6 Å². The zero-order valence-electron chi connectivity index (χ0n) is 20.3. The summed E-state index contributed by atoms with van der Waals surface area (Å²) in [5.74, 6) is 4.79. The summed E-state index contributed by atoms with van der Waals surface area (Å²) in [6, 6.07) is 30.3. The van der Waals surface area contributed by atoms with E-state index in [9.17, 15) is 0 Å². The highest BCUT2D eigenvalue weighted by Crippen LogP contribution is 2.58. The number of aryl methyl sites for hydroxylation is 1. The monoisotopic (exact) mass is 489 g/mol. The predicted molar refractivity (Wildman–Crippen MR) is 144 cm³/mol. The van der Waals surface area contributed by atoms with Crippen LogP contribution in [0.4, 0.5) is 11.4 Å². The maximum Gasteiger partial charge on any atom is 0.354 e. The summed E-state index contributed by atoms with van der Waals surface area (Å²) in [4.78, 5) is 0. The molecule has 0 fully saturated rings. The second-order valence-electron chi connectivity index (χ2n) is 10.8. The highest BCUT2D eigenvalue weighted by Gasteiger charge is 2.74. The first-order valence-corrected chi connectivity index (χ1v) is 13.0. The van der Waals surface area contributed by atoms with Crippen LogP contribution in [-0.2, 0) is 7.05 Å². The molecule has 1 unspecified atom stereocenters. The topological polar surface area (TPSA) is 31.1 Å². The summed E-state index contributed by atoms with van der Waals surface area (Å²) in [6.07, 6.45) is 2.26. The van der Waals surface area contributed by atoms with Crippen molar-refractivity contribution in [2.75, 3.05) is 0 Å². The van der Waals surface area contributed by atoms with E-state index in [0.29, 0.717) is 4.70 Å². The first-order chi connectivity index (χ1) is 18.8. The minimum atomic E-state index is 0.0942. The van der Waals surface area contributed by atoms with Crippen molar-refractivity contribution in [1.82, 2.24) is 9.27 Å². The predicted octanol–water partition coefficient (Wildman–Crippen LogP) is 3.32. The van der Waals surface area contributed by atoms with Crippen molar-refractivity contribution in [2.24, 2.45) is 7.05 Å². The molecule has 0 radical (unpaired) electrons. The molecule has 1 atom stereocenters. The smallest absolute Gasteiger partial charge is 0.354 e. The molecule has 0 saturated heterocycles. The number of quaternary nitrogens is 1. The third-order valence-corrected chi connectivity index (χ3v) is 9.25. The first-order valence-electron chi connectivity index (χ1n) is 13.0. The number of aromatic nitrogens is 3. The summed E-state index contributed by atoms with van der Waals surface area (Å²) in [5, 5.41) is 0. The van der Waals surface area contributed by atoms with Gasteiger partial charge in [0, 0.05) is 21.0 Å². The summed E-state index contributed by atoms with van der Waals surface area (Å²) in [6.45, 7) is 0.0942. The fourth-order valence-electron chi connectivity index (χ4n) is 8.05. The third kappa shape index (κ3) is 1.59. The molecular formula is C31H18BN4O2+3. The minimum Gasteiger partial charge on any atom is -0.458 e. The van der Waals surface area contributed by atoms with Crippen molar-refractivity contribution in [2.45, 2.75) is 0 Å². The lowest BCUT2D eigenvalue weighted by atomic mass is 9.38. The standard InChI is InChI=1S/C31H18BN4O2/c1-33-20-10-2-3-11-21(20)35-31(33)19-8-5-13-24-28(19)36(35)29-25(38-24)15-14-23-27(29)32-26-17(7-4-12-22(26)37-23)18-9-6-16-34(36)30(18)32/h2-16H,1H3/q+3. The van der Waals surface area contributed by atoms with Crippen LogP contribution in [-0.4, -0.2) is 11.3 Å². The molecule has 11 rings (SSSR count). The van der Waals surface area contributed by atoms with Crippen LogP contribution in [0.1, 0.15) is 0 Å². The van der Waals surface area contributed by atoms with Crippen molar-refractivity contribution >= 4 is 45.6 Å². The van der Waals surface area contributed by atoms with E-state index in [4.69, 9.17) is 9.47 Å². The number of ether oxygens (including phenoxy) is 2. The number of hydrogen-bond donors (Lipinski definition) is 0. The number of rotatable bonds is 0. The number of fused-ring (bicyclic) bond motifs is 5. The van der Waals surface area contributed by atoms with Gasteiger partial charge in [-0.2, -0.15) is 0 Å². The van der Waals surface area contributed by atoms with E-state index in [1.54, 1.807) is 0 Å². The molecule has 4 aromatic carbocycles. The van der Waals surface area contributed by atoms with Crippen molar-refractivity contribution in [3.8, 4) is 45.5 Å². The summed E-state index contributed by atoms with van der Waals surface area (Å²) >= 11 is 0. The van der Waals surface area contributed by atoms with Gasteiger partial charge in [0.1, 0.15) is 21.8 Å². The van der Waals surface area contributed by atoms with Gasteiger partial charge in [-0.1, -0.05) is 30.3 Å².